The summed E-state index contributed by atoms with van der Waals surface area (Å²) in [6, 6.07) is 0. The molecular weight excluding hydrogens is 250 g/mol. The third-order valence-corrected chi connectivity index (χ3v) is 2.54. The van der Waals surface area contributed by atoms with Gasteiger partial charge in [-0.3, -0.25) is 0 Å². The first-order chi connectivity index (χ1) is 9.20. The average molecular weight is 271 g/mol. The van der Waals surface area contributed by atoms with E-state index in [1.54, 1.807) is 25.6 Å². The molecule has 0 saturated carbocycles. The molecule has 1 aromatic heterocycles. The van der Waals surface area contributed by atoms with Crippen molar-refractivity contribution in [1.29, 1.82) is 0 Å². The van der Waals surface area contributed by atoms with Crippen LogP contribution >= 0.6 is 0 Å². The molecular formula is C12H21N3O4. The first-order valence-electron chi connectivity index (χ1n) is 6.34. The lowest BCUT2D eigenvalue weighted by Gasteiger charge is -2.05. The van der Waals surface area contributed by atoms with E-state index in [4.69, 9.17) is 14.2 Å². The summed E-state index contributed by atoms with van der Waals surface area (Å²) in [6.07, 6.45) is 0.862. The molecule has 7 nitrogen and oxygen atoms in total. The van der Waals surface area contributed by atoms with Gasteiger partial charge in [-0.15, -0.1) is 5.10 Å². The Morgan fingerprint density at radius 1 is 1.32 bits per heavy atom. The normalized spacial score (nSPS) is 10.7. The second-order valence-corrected chi connectivity index (χ2v) is 3.93. The van der Waals surface area contributed by atoms with Crippen LogP contribution in [0.5, 0.6) is 0 Å². The van der Waals surface area contributed by atoms with Gasteiger partial charge < -0.3 is 14.2 Å². The lowest BCUT2D eigenvalue weighted by Crippen LogP contribution is -2.12. The molecule has 0 aliphatic heterocycles. The summed E-state index contributed by atoms with van der Waals surface area (Å²) in [5, 5.41) is 7.74. The minimum absolute atomic E-state index is 0.265. The summed E-state index contributed by atoms with van der Waals surface area (Å²) >= 11 is 0. The maximum atomic E-state index is 11.5. The summed E-state index contributed by atoms with van der Waals surface area (Å²) in [5.74, 6) is -0.438. The number of rotatable bonds is 9. The minimum atomic E-state index is -0.438. The molecule has 0 atom stereocenters. The van der Waals surface area contributed by atoms with Crippen molar-refractivity contribution in [2.24, 2.45) is 0 Å². The van der Waals surface area contributed by atoms with Crippen LogP contribution in [0.4, 0.5) is 0 Å². The molecule has 0 amide bonds. The van der Waals surface area contributed by atoms with Crippen molar-refractivity contribution in [3.05, 3.63) is 11.4 Å². The second kappa shape index (κ2) is 8.60. The SMILES string of the molecule is CCOC(=O)c1nnn(CCOCCCOC)c1C. The molecule has 7 heteroatoms. The predicted molar refractivity (Wildman–Crippen MR) is 68.0 cm³/mol. The van der Waals surface area contributed by atoms with Crippen molar-refractivity contribution >= 4 is 5.97 Å². The number of nitrogens with zero attached hydrogens (tertiary/aromatic N) is 3. The smallest absolute Gasteiger partial charge is 0.360 e. The lowest BCUT2D eigenvalue weighted by atomic mass is 10.3. The number of ether oxygens (including phenoxy) is 3. The van der Waals surface area contributed by atoms with Gasteiger partial charge in [-0.05, 0) is 20.3 Å². The third kappa shape index (κ3) is 4.96. The Morgan fingerprint density at radius 2 is 2.11 bits per heavy atom. The maximum Gasteiger partial charge on any atom is 0.360 e. The molecule has 0 radical (unpaired) electrons. The fraction of sp³-hybridized carbons (Fsp3) is 0.750. The topological polar surface area (TPSA) is 75.5 Å². The fourth-order valence-electron chi connectivity index (χ4n) is 1.52. The van der Waals surface area contributed by atoms with E-state index in [-0.39, 0.29) is 5.69 Å². The molecule has 0 unspecified atom stereocenters. The molecule has 1 heterocycles. The molecule has 108 valence electrons. The highest BCUT2D eigenvalue weighted by atomic mass is 16.5. The maximum absolute atomic E-state index is 11.5. The van der Waals surface area contributed by atoms with Crippen molar-refractivity contribution in [1.82, 2.24) is 15.0 Å². The van der Waals surface area contributed by atoms with Crippen LogP contribution in [0.25, 0.3) is 0 Å². The van der Waals surface area contributed by atoms with Crippen molar-refractivity contribution < 1.29 is 19.0 Å². The number of hydrogen-bond acceptors (Lipinski definition) is 6. The molecule has 0 spiro atoms. The van der Waals surface area contributed by atoms with E-state index in [0.29, 0.717) is 38.7 Å². The van der Waals surface area contributed by atoms with E-state index in [9.17, 15) is 4.79 Å². The molecule has 0 N–H and O–H groups in total. The largest absolute Gasteiger partial charge is 0.461 e. The number of methoxy groups -OCH3 is 1. The monoisotopic (exact) mass is 271 g/mol. The van der Waals surface area contributed by atoms with Crippen LogP contribution in [0.15, 0.2) is 0 Å². The van der Waals surface area contributed by atoms with Gasteiger partial charge in [0.15, 0.2) is 5.69 Å². The van der Waals surface area contributed by atoms with Gasteiger partial charge in [0.1, 0.15) is 0 Å². The van der Waals surface area contributed by atoms with Gasteiger partial charge in [0, 0.05) is 20.3 Å². The van der Waals surface area contributed by atoms with Crippen molar-refractivity contribution in [3.8, 4) is 0 Å². The van der Waals surface area contributed by atoms with E-state index >= 15 is 0 Å². The van der Waals surface area contributed by atoms with Crippen LogP contribution in [0, 0.1) is 6.92 Å². The predicted octanol–water partition coefficient (Wildman–Crippen LogP) is 0.816. The lowest BCUT2D eigenvalue weighted by molar-refractivity contribution is 0.0518. The van der Waals surface area contributed by atoms with Crippen LogP contribution < -0.4 is 0 Å². The summed E-state index contributed by atoms with van der Waals surface area (Å²) in [7, 11) is 1.66. The first kappa shape index (κ1) is 15.6. The standard InChI is InChI=1S/C12H21N3O4/c1-4-19-12(16)11-10(2)15(14-13-11)6-9-18-8-5-7-17-3/h4-9H2,1-3H3. The summed E-state index contributed by atoms with van der Waals surface area (Å²) < 4.78 is 16.9. The first-order valence-corrected chi connectivity index (χ1v) is 6.34. The zero-order valence-electron chi connectivity index (χ0n) is 11.7. The molecule has 0 fully saturated rings. The quantitative estimate of drug-likeness (QED) is 0.489. The number of aromatic nitrogens is 3. The summed E-state index contributed by atoms with van der Waals surface area (Å²) in [4.78, 5) is 11.5. The molecule has 19 heavy (non-hydrogen) atoms. The Bertz CT molecular complexity index is 392. The van der Waals surface area contributed by atoms with Gasteiger partial charge >= 0.3 is 5.97 Å². The fourth-order valence-corrected chi connectivity index (χ4v) is 1.52. The van der Waals surface area contributed by atoms with Crippen LogP contribution in [0.1, 0.15) is 29.5 Å². The van der Waals surface area contributed by atoms with Crippen LogP contribution in [-0.2, 0) is 20.8 Å². The highest BCUT2D eigenvalue weighted by molar-refractivity contribution is 5.88. The Hall–Kier alpha value is -1.47. The molecule has 1 rings (SSSR count). The highest BCUT2D eigenvalue weighted by Gasteiger charge is 2.16. The molecule has 0 bridgehead atoms. The molecule has 0 saturated heterocycles. The van der Waals surface area contributed by atoms with E-state index in [1.807, 2.05) is 0 Å². The third-order valence-electron chi connectivity index (χ3n) is 2.54. The Morgan fingerprint density at radius 3 is 2.79 bits per heavy atom. The number of carbonyl (C=O) groups excluding carboxylic acids is 1. The van der Waals surface area contributed by atoms with Crippen LogP contribution in [-0.4, -0.2) is 54.5 Å². The van der Waals surface area contributed by atoms with Gasteiger partial charge in [0.05, 0.1) is 25.5 Å². The van der Waals surface area contributed by atoms with Gasteiger partial charge in [0.2, 0.25) is 0 Å². The second-order valence-electron chi connectivity index (χ2n) is 3.93. The number of hydrogen-bond donors (Lipinski definition) is 0. The Labute approximate surface area is 112 Å². The van der Waals surface area contributed by atoms with E-state index in [2.05, 4.69) is 10.3 Å². The van der Waals surface area contributed by atoms with E-state index in [1.165, 1.54) is 0 Å². The van der Waals surface area contributed by atoms with Gasteiger partial charge in [-0.1, -0.05) is 5.21 Å². The molecule has 0 aromatic carbocycles. The zero-order chi connectivity index (χ0) is 14.1. The van der Waals surface area contributed by atoms with Gasteiger partial charge in [0.25, 0.3) is 0 Å². The Kier molecular flexibility index (Phi) is 7.06. The Balaban J connectivity index is 2.37. The average Bonchev–Trinajstić information content (AvgIpc) is 2.75. The molecule has 0 aliphatic rings. The van der Waals surface area contributed by atoms with E-state index in [0.717, 1.165) is 6.42 Å². The van der Waals surface area contributed by atoms with Crippen molar-refractivity contribution in [2.75, 3.05) is 33.5 Å². The van der Waals surface area contributed by atoms with Crippen LogP contribution in [0.2, 0.25) is 0 Å². The highest BCUT2D eigenvalue weighted by Crippen LogP contribution is 2.05. The van der Waals surface area contributed by atoms with Crippen LogP contribution in [0.3, 0.4) is 0 Å². The minimum Gasteiger partial charge on any atom is -0.461 e. The van der Waals surface area contributed by atoms with E-state index < -0.39 is 5.97 Å². The summed E-state index contributed by atoms with van der Waals surface area (Å²) in [6.45, 7) is 6.29. The van der Waals surface area contributed by atoms with Crippen molar-refractivity contribution in [2.45, 2.75) is 26.8 Å². The number of esters is 1. The van der Waals surface area contributed by atoms with Gasteiger partial charge in [-0.25, -0.2) is 9.48 Å². The summed E-state index contributed by atoms with van der Waals surface area (Å²) in [5.41, 5.74) is 0.958. The molecule has 0 aliphatic carbocycles. The molecule has 1 aromatic rings. The van der Waals surface area contributed by atoms with Crippen molar-refractivity contribution in [3.63, 3.8) is 0 Å². The number of carbonyl (C=O) groups is 1. The zero-order valence-corrected chi connectivity index (χ0v) is 11.7. The van der Waals surface area contributed by atoms with Gasteiger partial charge in [-0.2, -0.15) is 0 Å².